The van der Waals surface area contributed by atoms with Crippen molar-refractivity contribution in [3.63, 3.8) is 0 Å². The van der Waals surface area contributed by atoms with Gasteiger partial charge >= 0.3 is 5.97 Å². The molecule has 1 aromatic carbocycles. The molecule has 1 N–H and O–H groups in total. The van der Waals surface area contributed by atoms with E-state index in [1.54, 1.807) is 24.0 Å². The van der Waals surface area contributed by atoms with Gasteiger partial charge in [-0.1, -0.05) is 17.3 Å². The number of nitrogens with one attached hydrogen (secondary N) is 1. The van der Waals surface area contributed by atoms with Crippen molar-refractivity contribution in [1.82, 2.24) is 20.0 Å². The molecule has 2 atom stereocenters. The molecule has 2 aromatic heterocycles. The van der Waals surface area contributed by atoms with Crippen molar-refractivity contribution in [2.45, 2.75) is 38.8 Å². The summed E-state index contributed by atoms with van der Waals surface area (Å²) in [5, 5.41) is 7.10. The van der Waals surface area contributed by atoms with Gasteiger partial charge in [-0.2, -0.15) is 4.98 Å². The third kappa shape index (κ3) is 4.79. The first-order chi connectivity index (χ1) is 16.8. The van der Waals surface area contributed by atoms with E-state index in [1.807, 2.05) is 6.92 Å². The summed E-state index contributed by atoms with van der Waals surface area (Å²) in [6.07, 6.45) is 2.88. The van der Waals surface area contributed by atoms with Crippen LogP contribution in [-0.2, 0) is 4.74 Å². The van der Waals surface area contributed by atoms with Crippen LogP contribution < -0.4 is 10.1 Å². The van der Waals surface area contributed by atoms with Crippen LogP contribution in [0, 0.1) is 12.7 Å². The number of hydrogen-bond acceptors (Lipinski definition) is 9. The van der Waals surface area contributed by atoms with Gasteiger partial charge in [0.2, 0.25) is 11.7 Å². The number of likely N-dealkylation sites (tertiary alicyclic amines) is 1. The lowest BCUT2D eigenvalue weighted by Gasteiger charge is -2.39. The lowest BCUT2D eigenvalue weighted by Crippen LogP contribution is -2.50. The van der Waals surface area contributed by atoms with Crippen molar-refractivity contribution in [3.8, 4) is 17.1 Å². The molecule has 1 fully saturated rings. The molecule has 1 saturated heterocycles. The minimum absolute atomic E-state index is 0.115. The second-order valence-corrected chi connectivity index (χ2v) is 8.25. The molecule has 1 aliphatic rings. The predicted molar refractivity (Wildman–Crippen MR) is 124 cm³/mol. The van der Waals surface area contributed by atoms with Crippen LogP contribution in [0.3, 0.4) is 0 Å². The highest BCUT2D eigenvalue weighted by Crippen LogP contribution is 2.30. The molecule has 1 aliphatic heterocycles. The Balaban J connectivity index is 1.62. The summed E-state index contributed by atoms with van der Waals surface area (Å²) in [6, 6.07) is 5.50. The van der Waals surface area contributed by atoms with Crippen LogP contribution in [0.5, 0.6) is 5.75 Å². The number of ether oxygens (including phenoxy) is 2. The summed E-state index contributed by atoms with van der Waals surface area (Å²) in [6.45, 7) is 3.80. The first-order valence-corrected chi connectivity index (χ1v) is 11.1. The maximum Gasteiger partial charge on any atom is 0.345 e. The molecule has 0 aliphatic carbocycles. The molecule has 10 nitrogen and oxygen atoms in total. The Morgan fingerprint density at radius 3 is 2.69 bits per heavy atom. The SMILES string of the molecule is COC(=O)c1c(OC)ccnc1N[C@@H]1CC[C@@H](C)N(C(=O)c2c(F)cccc2-c2noc(C)n2)C1. The van der Waals surface area contributed by atoms with Crippen LogP contribution in [0.15, 0.2) is 35.0 Å². The Hall–Kier alpha value is -4.02. The van der Waals surface area contributed by atoms with Crippen LogP contribution in [-0.4, -0.2) is 64.7 Å². The Kier molecular flexibility index (Phi) is 6.94. The third-order valence-corrected chi connectivity index (χ3v) is 6.00. The van der Waals surface area contributed by atoms with Crippen molar-refractivity contribution in [2.24, 2.45) is 0 Å². The number of nitrogens with zero attached hydrogens (tertiary/aromatic N) is 4. The predicted octanol–water partition coefficient (Wildman–Crippen LogP) is 3.48. The summed E-state index contributed by atoms with van der Waals surface area (Å²) in [4.78, 5) is 36.0. The molecular formula is C24H26FN5O5. The number of carbonyl (C=O) groups is 2. The maximum absolute atomic E-state index is 15.0. The van der Waals surface area contributed by atoms with Crippen molar-refractivity contribution >= 4 is 17.7 Å². The fraction of sp³-hybridized carbons (Fsp3) is 0.375. The van der Waals surface area contributed by atoms with E-state index in [1.165, 1.54) is 32.5 Å². The highest BCUT2D eigenvalue weighted by Gasteiger charge is 2.34. The zero-order chi connectivity index (χ0) is 25.1. The maximum atomic E-state index is 15.0. The van der Waals surface area contributed by atoms with Gasteiger partial charge in [0, 0.05) is 37.3 Å². The molecular weight excluding hydrogens is 457 g/mol. The van der Waals surface area contributed by atoms with Gasteiger partial charge in [0.25, 0.3) is 5.91 Å². The smallest absolute Gasteiger partial charge is 0.345 e. The van der Waals surface area contributed by atoms with Crippen LogP contribution >= 0.6 is 0 Å². The lowest BCUT2D eigenvalue weighted by atomic mass is 9.96. The minimum atomic E-state index is -0.667. The molecule has 0 bridgehead atoms. The quantitative estimate of drug-likeness (QED) is 0.526. The normalized spacial score (nSPS) is 17.7. The van der Waals surface area contributed by atoms with Gasteiger partial charge in [-0.25, -0.2) is 14.2 Å². The Morgan fingerprint density at radius 2 is 2.00 bits per heavy atom. The molecule has 4 rings (SSSR count). The van der Waals surface area contributed by atoms with E-state index in [4.69, 9.17) is 14.0 Å². The number of hydrogen-bond donors (Lipinski definition) is 1. The largest absolute Gasteiger partial charge is 0.496 e. The highest BCUT2D eigenvalue weighted by atomic mass is 19.1. The third-order valence-electron chi connectivity index (χ3n) is 6.00. The number of pyridine rings is 1. The second kappa shape index (κ2) is 10.1. The standard InChI is InChI=1S/C24H26FN5O5/c1-13-8-9-15(28-22-20(24(32)34-4)18(33-3)10-11-26-22)12-30(13)23(31)19-16(6-5-7-17(19)25)21-27-14(2)35-29-21/h5-7,10-11,13,15H,8-9,12H2,1-4H3,(H,26,28)/t13-,15-/m1/s1. The minimum Gasteiger partial charge on any atom is -0.496 e. The number of carbonyl (C=O) groups excluding carboxylic acids is 2. The topological polar surface area (TPSA) is 120 Å². The van der Waals surface area contributed by atoms with Crippen LogP contribution in [0.2, 0.25) is 0 Å². The number of piperidine rings is 1. The lowest BCUT2D eigenvalue weighted by molar-refractivity contribution is 0.0590. The molecule has 184 valence electrons. The van der Waals surface area contributed by atoms with Crippen molar-refractivity contribution < 1.29 is 28.0 Å². The average Bonchev–Trinajstić information content (AvgIpc) is 3.30. The fourth-order valence-corrected chi connectivity index (χ4v) is 4.20. The monoisotopic (exact) mass is 483 g/mol. The number of amides is 1. The zero-order valence-corrected chi connectivity index (χ0v) is 19.9. The fourth-order valence-electron chi connectivity index (χ4n) is 4.20. The van der Waals surface area contributed by atoms with E-state index in [2.05, 4.69) is 20.4 Å². The molecule has 3 aromatic rings. The van der Waals surface area contributed by atoms with E-state index in [9.17, 15) is 14.0 Å². The van der Waals surface area contributed by atoms with Gasteiger partial charge in [-0.05, 0) is 31.9 Å². The van der Waals surface area contributed by atoms with Gasteiger partial charge in [0.05, 0.1) is 19.8 Å². The van der Waals surface area contributed by atoms with Crippen LogP contribution in [0.1, 0.15) is 46.4 Å². The van der Waals surface area contributed by atoms with Gasteiger partial charge in [-0.15, -0.1) is 0 Å². The van der Waals surface area contributed by atoms with Crippen LogP contribution in [0.25, 0.3) is 11.4 Å². The number of halogens is 1. The van der Waals surface area contributed by atoms with Gasteiger partial charge in [0.15, 0.2) is 0 Å². The first kappa shape index (κ1) is 24.1. The summed E-state index contributed by atoms with van der Waals surface area (Å²) >= 11 is 0. The van der Waals surface area contributed by atoms with E-state index < -0.39 is 17.7 Å². The molecule has 0 unspecified atom stereocenters. The molecule has 11 heteroatoms. The highest BCUT2D eigenvalue weighted by molar-refractivity contribution is 6.01. The van der Waals surface area contributed by atoms with Gasteiger partial charge < -0.3 is 24.2 Å². The second-order valence-electron chi connectivity index (χ2n) is 8.25. The number of esters is 1. The molecule has 0 saturated carbocycles. The average molecular weight is 484 g/mol. The molecule has 0 spiro atoms. The molecule has 1 amide bonds. The van der Waals surface area contributed by atoms with E-state index in [-0.39, 0.29) is 47.0 Å². The number of rotatable bonds is 6. The van der Waals surface area contributed by atoms with E-state index >= 15 is 0 Å². The van der Waals surface area contributed by atoms with Gasteiger partial charge in [0.1, 0.15) is 22.9 Å². The van der Waals surface area contributed by atoms with Crippen LogP contribution in [0.4, 0.5) is 10.2 Å². The summed E-state index contributed by atoms with van der Waals surface area (Å²) < 4.78 is 30.2. The number of anilines is 1. The summed E-state index contributed by atoms with van der Waals surface area (Å²) in [5.74, 6) is -0.680. The number of aryl methyl sites for hydroxylation is 1. The Morgan fingerprint density at radius 1 is 1.20 bits per heavy atom. The van der Waals surface area contributed by atoms with E-state index in [0.717, 1.165) is 0 Å². The summed E-state index contributed by atoms with van der Waals surface area (Å²) in [7, 11) is 2.73. The van der Waals surface area contributed by atoms with Gasteiger partial charge in [-0.3, -0.25) is 4.79 Å². The van der Waals surface area contributed by atoms with Crippen molar-refractivity contribution in [3.05, 3.63) is 53.3 Å². The van der Waals surface area contributed by atoms with Crippen molar-refractivity contribution in [2.75, 3.05) is 26.1 Å². The number of benzene rings is 1. The van der Waals surface area contributed by atoms with Crippen molar-refractivity contribution in [1.29, 1.82) is 0 Å². The molecule has 0 radical (unpaired) electrons. The molecule has 35 heavy (non-hydrogen) atoms. The number of methoxy groups -OCH3 is 2. The first-order valence-electron chi connectivity index (χ1n) is 11.1. The zero-order valence-electron chi connectivity index (χ0n) is 19.9. The molecule has 3 heterocycles. The summed E-state index contributed by atoms with van der Waals surface area (Å²) in [5.41, 5.74) is 0.310. The number of aromatic nitrogens is 3. The van der Waals surface area contributed by atoms with E-state index in [0.29, 0.717) is 24.5 Å². The Labute approximate surface area is 201 Å². The Bertz CT molecular complexity index is 1250.